The lowest BCUT2D eigenvalue weighted by molar-refractivity contribution is 0.0944. The number of hydrazine groups is 1. The molecule has 3 aromatic rings. The maximum Gasteiger partial charge on any atom is 0.273 e. The predicted molar refractivity (Wildman–Crippen MR) is 121 cm³/mol. The number of nitrogens with one attached hydrogen (secondary N) is 3. The minimum Gasteiger partial charge on any atom is -0.383 e. The van der Waals surface area contributed by atoms with E-state index in [-0.39, 0.29) is 11.9 Å². The number of hydrogen-bond donors (Lipinski definition) is 3. The molecule has 30 heavy (non-hydrogen) atoms. The smallest absolute Gasteiger partial charge is 0.273 e. The van der Waals surface area contributed by atoms with Gasteiger partial charge in [-0.25, -0.2) is 4.68 Å². The molecule has 0 saturated carbocycles. The van der Waals surface area contributed by atoms with Crippen molar-refractivity contribution in [2.24, 2.45) is 0 Å². The van der Waals surface area contributed by atoms with E-state index in [0.717, 1.165) is 16.8 Å². The lowest BCUT2D eigenvalue weighted by atomic mass is 10.1. The second kappa shape index (κ2) is 10.00. The summed E-state index contributed by atoms with van der Waals surface area (Å²) in [6.45, 7) is 4.44. The molecule has 0 fully saturated rings. The summed E-state index contributed by atoms with van der Waals surface area (Å²) >= 11 is 5.22. The summed E-state index contributed by atoms with van der Waals surface area (Å²) in [5.74, 6) is -0.337. The van der Waals surface area contributed by atoms with E-state index in [9.17, 15) is 4.79 Å². The van der Waals surface area contributed by atoms with Crippen LogP contribution in [0, 0.1) is 6.92 Å². The molecule has 0 unspecified atom stereocenters. The third-order valence-electron chi connectivity index (χ3n) is 4.39. The van der Waals surface area contributed by atoms with Crippen molar-refractivity contribution in [3.05, 3.63) is 71.9 Å². The molecule has 3 rings (SSSR count). The molecule has 1 atom stereocenters. The fourth-order valence-electron chi connectivity index (χ4n) is 2.91. The minimum absolute atomic E-state index is 0.0100. The molecular weight excluding hydrogens is 398 g/mol. The highest BCUT2D eigenvalue weighted by Crippen LogP contribution is 2.24. The largest absolute Gasteiger partial charge is 0.383 e. The SMILES string of the molecule is COC[C@@H](C)NC(=S)NNC(=O)c1cn(-c2ccccc2)nc1-c1ccc(C)cc1. The van der Waals surface area contributed by atoms with Crippen LogP contribution in [0.1, 0.15) is 22.8 Å². The van der Waals surface area contributed by atoms with E-state index >= 15 is 0 Å². The first-order valence-corrected chi connectivity index (χ1v) is 9.96. The molecule has 3 N–H and O–H groups in total. The number of rotatable bonds is 6. The van der Waals surface area contributed by atoms with Crippen LogP contribution in [-0.2, 0) is 4.74 Å². The van der Waals surface area contributed by atoms with Crippen LogP contribution in [0.2, 0.25) is 0 Å². The van der Waals surface area contributed by atoms with Crippen LogP contribution in [0.25, 0.3) is 16.9 Å². The Kier molecular flexibility index (Phi) is 7.16. The number of nitrogens with zero attached hydrogens (tertiary/aromatic N) is 2. The number of benzene rings is 2. The van der Waals surface area contributed by atoms with Crippen LogP contribution in [0.5, 0.6) is 0 Å². The van der Waals surface area contributed by atoms with Crippen molar-refractivity contribution in [1.29, 1.82) is 0 Å². The summed E-state index contributed by atoms with van der Waals surface area (Å²) < 4.78 is 6.76. The maximum atomic E-state index is 12.9. The lowest BCUT2D eigenvalue weighted by Gasteiger charge is -2.16. The van der Waals surface area contributed by atoms with Crippen molar-refractivity contribution in [2.45, 2.75) is 19.9 Å². The molecule has 0 aliphatic carbocycles. The Morgan fingerprint density at radius 3 is 2.50 bits per heavy atom. The van der Waals surface area contributed by atoms with Crippen molar-refractivity contribution in [1.82, 2.24) is 25.9 Å². The number of aromatic nitrogens is 2. The van der Waals surface area contributed by atoms with Crippen molar-refractivity contribution >= 4 is 23.2 Å². The van der Waals surface area contributed by atoms with Gasteiger partial charge in [-0.15, -0.1) is 0 Å². The van der Waals surface area contributed by atoms with Gasteiger partial charge in [-0.05, 0) is 38.2 Å². The number of amides is 1. The summed E-state index contributed by atoms with van der Waals surface area (Å²) in [4.78, 5) is 12.9. The lowest BCUT2D eigenvalue weighted by Crippen LogP contribution is -2.50. The monoisotopic (exact) mass is 423 g/mol. The Morgan fingerprint density at radius 1 is 1.13 bits per heavy atom. The molecule has 156 valence electrons. The molecule has 1 aromatic heterocycles. The van der Waals surface area contributed by atoms with Gasteiger partial charge in [0.05, 0.1) is 17.9 Å². The molecule has 0 saturated heterocycles. The molecule has 2 aromatic carbocycles. The highest BCUT2D eigenvalue weighted by molar-refractivity contribution is 7.80. The number of carbonyl (C=O) groups excluding carboxylic acids is 1. The Balaban J connectivity index is 1.83. The summed E-state index contributed by atoms with van der Waals surface area (Å²) in [6.07, 6.45) is 1.71. The Bertz CT molecular complexity index is 1000. The molecule has 0 aliphatic heterocycles. The predicted octanol–water partition coefficient (Wildman–Crippen LogP) is 2.99. The highest BCUT2D eigenvalue weighted by atomic mass is 32.1. The number of hydrogen-bond acceptors (Lipinski definition) is 4. The number of methoxy groups -OCH3 is 1. The number of ether oxygens (including phenoxy) is 1. The van der Waals surface area contributed by atoms with Crippen molar-refractivity contribution < 1.29 is 9.53 Å². The fraction of sp³-hybridized carbons (Fsp3) is 0.227. The molecule has 0 aliphatic rings. The Hall–Kier alpha value is -3.23. The van der Waals surface area contributed by atoms with Gasteiger partial charge in [0.1, 0.15) is 5.69 Å². The topological polar surface area (TPSA) is 80.2 Å². The van der Waals surface area contributed by atoms with Gasteiger partial charge in [0.15, 0.2) is 5.11 Å². The summed E-state index contributed by atoms with van der Waals surface area (Å²) in [5, 5.41) is 8.00. The molecule has 0 bridgehead atoms. The number of aryl methyl sites for hydroxylation is 1. The minimum atomic E-state index is -0.337. The van der Waals surface area contributed by atoms with Gasteiger partial charge in [0.2, 0.25) is 0 Å². The van der Waals surface area contributed by atoms with Crippen molar-refractivity contribution in [2.75, 3.05) is 13.7 Å². The maximum absolute atomic E-state index is 12.9. The van der Waals surface area contributed by atoms with E-state index in [0.29, 0.717) is 23.0 Å². The van der Waals surface area contributed by atoms with E-state index in [2.05, 4.69) is 21.3 Å². The second-order valence-electron chi connectivity index (χ2n) is 6.95. The quantitative estimate of drug-likeness (QED) is 0.418. The summed E-state index contributed by atoms with van der Waals surface area (Å²) in [6, 6.07) is 17.6. The van der Waals surface area contributed by atoms with E-state index in [1.54, 1.807) is 18.0 Å². The van der Waals surface area contributed by atoms with Crippen LogP contribution in [0.3, 0.4) is 0 Å². The molecule has 1 heterocycles. The van der Waals surface area contributed by atoms with Crippen LogP contribution < -0.4 is 16.2 Å². The normalized spacial score (nSPS) is 11.6. The van der Waals surface area contributed by atoms with Gasteiger partial charge in [-0.3, -0.25) is 15.6 Å². The van der Waals surface area contributed by atoms with Crippen LogP contribution >= 0.6 is 12.2 Å². The number of para-hydroxylation sites is 1. The van der Waals surface area contributed by atoms with Crippen LogP contribution in [0.15, 0.2) is 60.8 Å². The average Bonchev–Trinajstić information content (AvgIpc) is 3.19. The van der Waals surface area contributed by atoms with Gasteiger partial charge in [0.25, 0.3) is 5.91 Å². The summed E-state index contributed by atoms with van der Waals surface area (Å²) in [5.41, 5.74) is 9.26. The van der Waals surface area contributed by atoms with Crippen LogP contribution in [0.4, 0.5) is 0 Å². The van der Waals surface area contributed by atoms with E-state index in [4.69, 9.17) is 17.0 Å². The summed E-state index contributed by atoms with van der Waals surface area (Å²) in [7, 11) is 1.62. The van der Waals surface area contributed by atoms with Crippen molar-refractivity contribution in [3.63, 3.8) is 0 Å². The van der Waals surface area contributed by atoms with Gasteiger partial charge in [-0.1, -0.05) is 48.0 Å². The van der Waals surface area contributed by atoms with Gasteiger partial charge < -0.3 is 10.1 Å². The number of thiocarbonyl (C=S) groups is 1. The van der Waals surface area contributed by atoms with E-state index < -0.39 is 0 Å². The Morgan fingerprint density at radius 2 is 1.83 bits per heavy atom. The third-order valence-corrected chi connectivity index (χ3v) is 4.61. The van der Waals surface area contributed by atoms with E-state index in [1.165, 1.54) is 0 Å². The first-order chi connectivity index (χ1) is 14.5. The second-order valence-corrected chi connectivity index (χ2v) is 7.35. The molecule has 8 heteroatoms. The molecule has 0 spiro atoms. The first-order valence-electron chi connectivity index (χ1n) is 9.56. The van der Waals surface area contributed by atoms with Gasteiger partial charge >= 0.3 is 0 Å². The van der Waals surface area contributed by atoms with Crippen LogP contribution in [-0.4, -0.2) is 40.6 Å². The molecular formula is C22H25N5O2S. The molecule has 0 radical (unpaired) electrons. The fourth-order valence-corrected chi connectivity index (χ4v) is 3.16. The standard InChI is InChI=1S/C22H25N5O2S/c1-15-9-11-17(12-10-15)20-19(13-27(26-20)18-7-5-4-6-8-18)21(28)24-25-22(30)23-16(2)14-29-3/h4-13,16H,14H2,1-3H3,(H,24,28)(H2,23,25,30)/t16-/m1/s1. The average molecular weight is 424 g/mol. The Labute approximate surface area is 181 Å². The zero-order chi connectivity index (χ0) is 21.5. The zero-order valence-electron chi connectivity index (χ0n) is 17.2. The third kappa shape index (κ3) is 5.43. The first kappa shape index (κ1) is 21.5. The molecule has 1 amide bonds. The molecule has 7 nitrogen and oxygen atoms in total. The number of carbonyl (C=O) groups is 1. The van der Waals surface area contributed by atoms with Gasteiger partial charge in [0, 0.05) is 24.9 Å². The van der Waals surface area contributed by atoms with Crippen molar-refractivity contribution in [3.8, 4) is 16.9 Å². The van der Waals surface area contributed by atoms with Gasteiger partial charge in [-0.2, -0.15) is 5.10 Å². The van der Waals surface area contributed by atoms with E-state index in [1.807, 2.05) is 68.4 Å². The zero-order valence-corrected chi connectivity index (χ0v) is 18.0. The highest BCUT2D eigenvalue weighted by Gasteiger charge is 2.19.